The molecule has 11 nitrogen and oxygen atoms in total. The van der Waals surface area contributed by atoms with Gasteiger partial charge in [-0.1, -0.05) is 66.8 Å². The number of aliphatic hydroxyl groups excluding tert-OH is 1. The van der Waals surface area contributed by atoms with E-state index < -0.39 is 23.5 Å². The maximum absolute atomic E-state index is 14.1. The number of ether oxygens (including phenoxy) is 2. The molecule has 2 aliphatic heterocycles. The number of aryl methyl sites for hydroxylation is 1. The van der Waals surface area contributed by atoms with Gasteiger partial charge in [0, 0.05) is 29.9 Å². The first-order chi connectivity index (χ1) is 22.3. The fraction of sp³-hybridized carbons (Fsp3) is 0.314. The van der Waals surface area contributed by atoms with E-state index in [4.69, 9.17) is 9.47 Å². The van der Waals surface area contributed by atoms with Gasteiger partial charge in [-0.05, 0) is 47.9 Å². The van der Waals surface area contributed by atoms with E-state index in [9.17, 15) is 19.8 Å². The van der Waals surface area contributed by atoms with Crippen molar-refractivity contribution in [3.8, 4) is 5.75 Å². The summed E-state index contributed by atoms with van der Waals surface area (Å²) in [5.74, 6) is -0.718. The number of hydrogen-bond acceptors (Lipinski definition) is 8. The van der Waals surface area contributed by atoms with Crippen LogP contribution < -0.4 is 14.5 Å². The predicted molar refractivity (Wildman–Crippen MR) is 172 cm³/mol. The Morgan fingerprint density at radius 1 is 1.09 bits per heavy atom. The molecule has 3 aromatic carbocycles. The predicted octanol–water partition coefficient (Wildman–Crippen LogP) is 4.38. The third-order valence-electron chi connectivity index (χ3n) is 8.71. The van der Waals surface area contributed by atoms with Gasteiger partial charge >= 0.3 is 6.09 Å². The topological polar surface area (TPSA) is 130 Å². The van der Waals surface area contributed by atoms with Gasteiger partial charge in [0.15, 0.2) is 5.60 Å². The van der Waals surface area contributed by atoms with Gasteiger partial charge in [-0.3, -0.25) is 14.4 Å². The van der Waals surface area contributed by atoms with Crippen molar-refractivity contribution < 1.29 is 29.3 Å². The lowest BCUT2D eigenvalue weighted by Crippen LogP contribution is -2.44. The Bertz CT molecular complexity index is 1740. The highest BCUT2D eigenvalue weighted by Crippen LogP contribution is 2.47. The number of carbonyl (C=O) groups is 2. The standard InChI is InChI=1S/C35H37N5O6/c1-24(9-6-7-16-38-22-31(36-37-38)29(23-41)26-11-4-3-5-12-26)35(44)30-20-28(45-2)14-15-32(30)40(33(35)42)21-25-10-8-13-27(19-25)39-17-18-46-34(39)43/h3-6,8-15,19-20,22,24,29,41,44H,7,16-18,21,23H2,1-2H3/b9-6+/t24-,29?,35+/m1/s1. The lowest BCUT2D eigenvalue weighted by Gasteiger charge is -2.28. The van der Waals surface area contributed by atoms with Crippen LogP contribution in [0.1, 0.15) is 41.6 Å². The molecular formula is C35H37N5O6. The summed E-state index contributed by atoms with van der Waals surface area (Å²) >= 11 is 0. The van der Waals surface area contributed by atoms with Crippen molar-refractivity contribution in [3.05, 3.63) is 114 Å². The number of fused-ring (bicyclic) bond motifs is 1. The van der Waals surface area contributed by atoms with E-state index in [-0.39, 0.29) is 19.1 Å². The lowest BCUT2D eigenvalue weighted by molar-refractivity contribution is -0.139. The number of carbonyl (C=O) groups excluding carboxylic acids is 2. The van der Waals surface area contributed by atoms with Crippen LogP contribution in [0.5, 0.6) is 5.75 Å². The summed E-state index contributed by atoms with van der Waals surface area (Å²) in [5, 5.41) is 30.6. The van der Waals surface area contributed by atoms with Gasteiger partial charge in [-0.2, -0.15) is 0 Å². The maximum atomic E-state index is 14.1. The number of aromatic nitrogens is 3. The fourth-order valence-corrected chi connectivity index (χ4v) is 6.13. The minimum Gasteiger partial charge on any atom is -0.497 e. The van der Waals surface area contributed by atoms with E-state index in [0.717, 1.165) is 11.1 Å². The van der Waals surface area contributed by atoms with Crippen LogP contribution in [0.3, 0.4) is 0 Å². The largest absolute Gasteiger partial charge is 0.497 e. The Morgan fingerprint density at radius 2 is 1.91 bits per heavy atom. The summed E-state index contributed by atoms with van der Waals surface area (Å²) in [7, 11) is 1.55. The van der Waals surface area contributed by atoms with Crippen LogP contribution in [-0.4, -0.2) is 64.1 Å². The Hall–Kier alpha value is -5.00. The number of hydrogen-bond donors (Lipinski definition) is 2. The van der Waals surface area contributed by atoms with Gasteiger partial charge in [0.05, 0.1) is 44.1 Å². The molecule has 2 amide bonds. The van der Waals surface area contributed by atoms with E-state index in [2.05, 4.69) is 10.3 Å². The lowest BCUT2D eigenvalue weighted by atomic mass is 9.83. The fourth-order valence-electron chi connectivity index (χ4n) is 6.13. The molecule has 1 unspecified atom stereocenters. The normalized spacial score (nSPS) is 19.0. The van der Waals surface area contributed by atoms with E-state index in [0.29, 0.717) is 54.5 Å². The molecular weight excluding hydrogens is 586 g/mol. The molecule has 2 N–H and O–H groups in total. The number of methoxy groups -OCH3 is 1. The van der Waals surface area contributed by atoms with Crippen LogP contribution in [0.15, 0.2) is 91.1 Å². The quantitative estimate of drug-likeness (QED) is 0.223. The zero-order valence-corrected chi connectivity index (χ0v) is 25.8. The van der Waals surface area contributed by atoms with Crippen molar-refractivity contribution in [2.45, 2.75) is 38.0 Å². The van der Waals surface area contributed by atoms with Gasteiger partial charge < -0.3 is 24.6 Å². The van der Waals surface area contributed by atoms with Crippen molar-refractivity contribution in [3.63, 3.8) is 0 Å². The number of amides is 2. The summed E-state index contributed by atoms with van der Waals surface area (Å²) in [4.78, 5) is 29.3. The highest BCUT2D eigenvalue weighted by molar-refractivity contribution is 6.07. The third kappa shape index (κ3) is 5.86. The Labute approximate surface area is 267 Å². The molecule has 2 aliphatic rings. The summed E-state index contributed by atoms with van der Waals surface area (Å²) < 4.78 is 12.3. The molecule has 0 saturated carbocycles. The second kappa shape index (κ2) is 13.2. The van der Waals surface area contributed by atoms with Gasteiger partial charge in [-0.15, -0.1) is 5.10 Å². The molecule has 46 heavy (non-hydrogen) atoms. The molecule has 3 heterocycles. The van der Waals surface area contributed by atoms with Gasteiger partial charge in [-0.25, -0.2) is 4.79 Å². The molecule has 3 atom stereocenters. The number of benzene rings is 3. The summed E-state index contributed by atoms with van der Waals surface area (Å²) in [6.45, 7) is 3.29. The summed E-state index contributed by atoms with van der Waals surface area (Å²) in [6.07, 6.45) is 5.81. The van der Waals surface area contributed by atoms with Gasteiger partial charge in [0.25, 0.3) is 5.91 Å². The van der Waals surface area contributed by atoms with Crippen LogP contribution in [0.25, 0.3) is 0 Å². The maximum Gasteiger partial charge on any atom is 0.414 e. The van der Waals surface area contributed by atoms with Crippen molar-refractivity contribution in [2.24, 2.45) is 5.92 Å². The third-order valence-corrected chi connectivity index (χ3v) is 8.71. The smallest absolute Gasteiger partial charge is 0.414 e. The van der Waals surface area contributed by atoms with Crippen LogP contribution in [0.4, 0.5) is 16.2 Å². The van der Waals surface area contributed by atoms with Crippen LogP contribution in [-0.2, 0) is 28.2 Å². The minimum absolute atomic E-state index is 0.0749. The zero-order chi connectivity index (χ0) is 32.3. The molecule has 4 aromatic rings. The molecule has 238 valence electrons. The molecule has 11 heteroatoms. The van der Waals surface area contributed by atoms with Crippen molar-refractivity contribution in [1.29, 1.82) is 0 Å². The first-order valence-electron chi connectivity index (χ1n) is 15.3. The SMILES string of the molecule is COc1ccc2c(c1)[C@@](O)([C@H](C)/C=C/CCn1cc(C(CO)c3ccccc3)nn1)C(=O)N2Cc1cccc(N2CCOC2=O)c1. The molecule has 1 saturated heterocycles. The number of cyclic esters (lactones) is 1. The van der Waals surface area contributed by atoms with Crippen molar-refractivity contribution >= 4 is 23.4 Å². The molecule has 0 aliphatic carbocycles. The molecule has 0 spiro atoms. The van der Waals surface area contributed by atoms with Gasteiger partial charge in [0.1, 0.15) is 12.4 Å². The highest BCUT2D eigenvalue weighted by Gasteiger charge is 2.52. The Balaban J connectivity index is 1.17. The average Bonchev–Trinajstić information content (AvgIpc) is 3.78. The number of allylic oxidation sites excluding steroid dienone is 1. The van der Waals surface area contributed by atoms with Gasteiger partial charge in [0.2, 0.25) is 0 Å². The van der Waals surface area contributed by atoms with Crippen molar-refractivity contribution in [1.82, 2.24) is 15.0 Å². The number of anilines is 2. The number of rotatable bonds is 12. The molecule has 0 radical (unpaired) electrons. The second-order valence-electron chi connectivity index (χ2n) is 11.5. The van der Waals surface area contributed by atoms with E-state index in [1.807, 2.05) is 79.9 Å². The molecule has 1 aromatic heterocycles. The summed E-state index contributed by atoms with van der Waals surface area (Å²) in [5.41, 5.74) is 2.42. The Kier molecular flexibility index (Phi) is 8.87. The highest BCUT2D eigenvalue weighted by atomic mass is 16.6. The molecule has 6 rings (SSSR count). The first kappa shape index (κ1) is 31.0. The first-order valence-corrected chi connectivity index (χ1v) is 15.3. The van der Waals surface area contributed by atoms with Crippen molar-refractivity contribution in [2.75, 3.05) is 36.7 Å². The average molecular weight is 624 g/mol. The number of nitrogens with zero attached hydrogens (tertiary/aromatic N) is 5. The van der Waals surface area contributed by atoms with Crippen LogP contribution >= 0.6 is 0 Å². The zero-order valence-electron chi connectivity index (χ0n) is 25.8. The molecule has 1 fully saturated rings. The second-order valence-corrected chi connectivity index (χ2v) is 11.5. The van der Waals surface area contributed by atoms with E-state index in [1.54, 1.807) is 39.8 Å². The minimum atomic E-state index is -1.82. The van der Waals surface area contributed by atoms with E-state index in [1.165, 1.54) is 0 Å². The number of aliphatic hydroxyl groups is 2. The van der Waals surface area contributed by atoms with E-state index >= 15 is 0 Å². The van der Waals surface area contributed by atoms with Crippen LogP contribution in [0, 0.1) is 5.92 Å². The Morgan fingerprint density at radius 3 is 2.65 bits per heavy atom. The summed E-state index contributed by atoms with van der Waals surface area (Å²) in [6, 6.07) is 22.4. The van der Waals surface area contributed by atoms with Crippen LogP contribution in [0.2, 0.25) is 0 Å². The monoisotopic (exact) mass is 623 g/mol. The molecule has 0 bridgehead atoms.